The van der Waals surface area contributed by atoms with Crippen molar-refractivity contribution in [3.8, 4) is 5.75 Å². The van der Waals surface area contributed by atoms with Crippen molar-refractivity contribution in [2.24, 2.45) is 5.92 Å². The quantitative estimate of drug-likeness (QED) is 0.892. The summed E-state index contributed by atoms with van der Waals surface area (Å²) in [6, 6.07) is 5.99. The van der Waals surface area contributed by atoms with E-state index < -0.39 is 5.97 Å². The highest BCUT2D eigenvalue weighted by Crippen LogP contribution is 2.31. The second-order valence-corrected chi connectivity index (χ2v) is 5.11. The van der Waals surface area contributed by atoms with Gasteiger partial charge in [-0.25, -0.2) is 0 Å². The van der Waals surface area contributed by atoms with Gasteiger partial charge in [0.1, 0.15) is 11.9 Å². The number of hydrogen-bond donors (Lipinski definition) is 1. The molecule has 1 aliphatic rings. The number of carboxylic acids is 1. The standard InChI is InChI=1S/C15H20O3/c1-10-6-5-7-11(2)14(10)18-13-9-4-3-8-12(13)15(16)17/h5-7,12-13H,3-4,8-9H2,1-2H3,(H,16,17). The van der Waals surface area contributed by atoms with Gasteiger partial charge in [-0.1, -0.05) is 24.6 Å². The van der Waals surface area contributed by atoms with Crippen LogP contribution in [0.4, 0.5) is 0 Å². The first kappa shape index (κ1) is 12.9. The minimum Gasteiger partial charge on any atom is -0.489 e. The molecule has 1 aliphatic carbocycles. The van der Waals surface area contributed by atoms with Gasteiger partial charge >= 0.3 is 5.97 Å². The number of aryl methyl sites for hydroxylation is 2. The topological polar surface area (TPSA) is 46.5 Å². The molecule has 0 bridgehead atoms. The van der Waals surface area contributed by atoms with E-state index in [1.807, 2.05) is 32.0 Å². The molecule has 1 saturated carbocycles. The molecule has 0 radical (unpaired) electrons. The van der Waals surface area contributed by atoms with Crippen LogP contribution in [-0.2, 0) is 4.79 Å². The van der Waals surface area contributed by atoms with Crippen LogP contribution >= 0.6 is 0 Å². The molecule has 1 N–H and O–H groups in total. The maximum absolute atomic E-state index is 11.2. The van der Waals surface area contributed by atoms with Gasteiger partial charge in [0.25, 0.3) is 0 Å². The lowest BCUT2D eigenvalue weighted by Gasteiger charge is -2.30. The molecule has 2 rings (SSSR count). The largest absolute Gasteiger partial charge is 0.489 e. The van der Waals surface area contributed by atoms with Crippen molar-refractivity contribution in [3.05, 3.63) is 29.3 Å². The lowest BCUT2D eigenvalue weighted by Crippen LogP contribution is -2.36. The molecular formula is C15H20O3. The molecule has 0 spiro atoms. The molecule has 18 heavy (non-hydrogen) atoms. The Balaban J connectivity index is 2.18. The van der Waals surface area contributed by atoms with Crippen LogP contribution in [0.5, 0.6) is 5.75 Å². The number of aliphatic carboxylic acids is 1. The van der Waals surface area contributed by atoms with E-state index in [0.29, 0.717) is 0 Å². The second-order valence-electron chi connectivity index (χ2n) is 5.11. The van der Waals surface area contributed by atoms with Crippen LogP contribution in [0.2, 0.25) is 0 Å². The highest BCUT2D eigenvalue weighted by atomic mass is 16.5. The third-order valence-electron chi connectivity index (χ3n) is 3.70. The fourth-order valence-electron chi connectivity index (χ4n) is 2.66. The Hall–Kier alpha value is -1.51. The fraction of sp³-hybridized carbons (Fsp3) is 0.533. The second kappa shape index (κ2) is 5.42. The average Bonchev–Trinajstić information content (AvgIpc) is 2.34. The first-order chi connectivity index (χ1) is 8.59. The molecule has 0 aliphatic heterocycles. The van der Waals surface area contributed by atoms with Crippen molar-refractivity contribution < 1.29 is 14.6 Å². The van der Waals surface area contributed by atoms with Crippen LogP contribution in [0.25, 0.3) is 0 Å². The molecule has 2 atom stereocenters. The third-order valence-corrected chi connectivity index (χ3v) is 3.70. The SMILES string of the molecule is Cc1cccc(C)c1OC1CCCCC1C(=O)O. The maximum atomic E-state index is 11.2. The Morgan fingerprint density at radius 2 is 1.83 bits per heavy atom. The summed E-state index contributed by atoms with van der Waals surface area (Å²) in [5.74, 6) is -0.237. The summed E-state index contributed by atoms with van der Waals surface area (Å²) in [6.45, 7) is 4.00. The molecule has 0 heterocycles. The number of ether oxygens (including phenoxy) is 1. The van der Waals surface area contributed by atoms with Crippen LogP contribution in [0.1, 0.15) is 36.8 Å². The Kier molecular flexibility index (Phi) is 3.90. The number of rotatable bonds is 3. The van der Waals surface area contributed by atoms with E-state index in [0.717, 1.165) is 42.6 Å². The first-order valence-electron chi connectivity index (χ1n) is 6.55. The van der Waals surface area contributed by atoms with Crippen LogP contribution in [0.15, 0.2) is 18.2 Å². The molecule has 98 valence electrons. The minimum atomic E-state index is -0.731. The summed E-state index contributed by atoms with van der Waals surface area (Å²) in [5, 5.41) is 9.25. The van der Waals surface area contributed by atoms with E-state index in [1.54, 1.807) is 0 Å². The Labute approximate surface area is 108 Å². The van der Waals surface area contributed by atoms with Gasteiger partial charge in [-0.05, 0) is 44.2 Å². The van der Waals surface area contributed by atoms with E-state index in [9.17, 15) is 9.90 Å². The zero-order valence-corrected chi connectivity index (χ0v) is 11.0. The van der Waals surface area contributed by atoms with E-state index in [2.05, 4.69) is 0 Å². The molecular weight excluding hydrogens is 228 g/mol. The molecule has 1 fully saturated rings. The monoisotopic (exact) mass is 248 g/mol. The van der Waals surface area contributed by atoms with Gasteiger partial charge in [0.2, 0.25) is 0 Å². The molecule has 1 aromatic carbocycles. The molecule has 3 nitrogen and oxygen atoms in total. The summed E-state index contributed by atoms with van der Waals surface area (Å²) < 4.78 is 6.01. The summed E-state index contributed by atoms with van der Waals surface area (Å²) >= 11 is 0. The van der Waals surface area contributed by atoms with Gasteiger partial charge in [-0.2, -0.15) is 0 Å². The van der Waals surface area contributed by atoms with E-state index in [-0.39, 0.29) is 12.0 Å². The van der Waals surface area contributed by atoms with Gasteiger partial charge in [0.05, 0.1) is 5.92 Å². The van der Waals surface area contributed by atoms with Crippen molar-refractivity contribution in [1.29, 1.82) is 0 Å². The van der Waals surface area contributed by atoms with E-state index in [1.165, 1.54) is 0 Å². The summed E-state index contributed by atoms with van der Waals surface area (Å²) in [5.41, 5.74) is 2.15. The van der Waals surface area contributed by atoms with Crippen molar-refractivity contribution in [1.82, 2.24) is 0 Å². The van der Waals surface area contributed by atoms with Crippen molar-refractivity contribution in [2.45, 2.75) is 45.6 Å². The lowest BCUT2D eigenvalue weighted by atomic mass is 9.86. The lowest BCUT2D eigenvalue weighted by molar-refractivity contribution is -0.146. The minimum absolute atomic E-state index is 0.184. The predicted octanol–water partition coefficient (Wildman–Crippen LogP) is 3.33. The molecule has 1 aromatic rings. The van der Waals surface area contributed by atoms with Gasteiger partial charge in [-0.3, -0.25) is 4.79 Å². The number of carbonyl (C=O) groups is 1. The highest BCUT2D eigenvalue weighted by molar-refractivity contribution is 5.71. The van der Waals surface area contributed by atoms with Crippen molar-refractivity contribution in [3.63, 3.8) is 0 Å². The number of hydrogen-bond acceptors (Lipinski definition) is 2. The zero-order valence-electron chi connectivity index (χ0n) is 11.0. The van der Waals surface area contributed by atoms with Gasteiger partial charge in [-0.15, -0.1) is 0 Å². The number of carboxylic acid groups (broad SMARTS) is 1. The summed E-state index contributed by atoms with van der Waals surface area (Å²) in [4.78, 5) is 11.2. The van der Waals surface area contributed by atoms with Crippen LogP contribution < -0.4 is 4.74 Å². The van der Waals surface area contributed by atoms with Gasteiger partial charge in [0, 0.05) is 0 Å². The average molecular weight is 248 g/mol. The zero-order chi connectivity index (χ0) is 13.1. The molecule has 0 saturated heterocycles. The summed E-state index contributed by atoms with van der Waals surface area (Å²) in [7, 11) is 0. The van der Waals surface area contributed by atoms with Gasteiger partial charge < -0.3 is 9.84 Å². The smallest absolute Gasteiger partial charge is 0.310 e. The van der Waals surface area contributed by atoms with E-state index >= 15 is 0 Å². The summed E-state index contributed by atoms with van der Waals surface area (Å²) in [6.07, 6.45) is 3.43. The Bertz CT molecular complexity index is 419. The highest BCUT2D eigenvalue weighted by Gasteiger charge is 2.32. The van der Waals surface area contributed by atoms with Crippen LogP contribution in [-0.4, -0.2) is 17.2 Å². The maximum Gasteiger partial charge on any atom is 0.310 e. The first-order valence-corrected chi connectivity index (χ1v) is 6.55. The number of benzene rings is 1. The molecule has 3 heteroatoms. The van der Waals surface area contributed by atoms with Crippen LogP contribution in [0, 0.1) is 19.8 Å². The molecule has 2 unspecified atom stereocenters. The fourth-order valence-corrected chi connectivity index (χ4v) is 2.66. The van der Waals surface area contributed by atoms with Gasteiger partial charge in [0.15, 0.2) is 0 Å². The third kappa shape index (κ3) is 2.66. The van der Waals surface area contributed by atoms with E-state index in [4.69, 9.17) is 4.74 Å². The Morgan fingerprint density at radius 3 is 2.44 bits per heavy atom. The van der Waals surface area contributed by atoms with Crippen molar-refractivity contribution in [2.75, 3.05) is 0 Å². The Morgan fingerprint density at radius 1 is 1.22 bits per heavy atom. The molecule has 0 amide bonds. The normalized spacial score (nSPS) is 23.7. The number of para-hydroxylation sites is 1. The van der Waals surface area contributed by atoms with Crippen LogP contribution in [0.3, 0.4) is 0 Å². The molecule has 0 aromatic heterocycles. The van der Waals surface area contributed by atoms with Crippen molar-refractivity contribution >= 4 is 5.97 Å². The predicted molar refractivity (Wildman–Crippen MR) is 69.9 cm³/mol.